The van der Waals surface area contributed by atoms with Crippen molar-refractivity contribution in [3.63, 3.8) is 0 Å². The molecule has 0 radical (unpaired) electrons. The minimum atomic E-state index is 0.302. The van der Waals surface area contributed by atoms with Gasteiger partial charge in [-0.3, -0.25) is 0 Å². The van der Waals surface area contributed by atoms with Crippen LogP contribution in [0.3, 0.4) is 0 Å². The van der Waals surface area contributed by atoms with Crippen LogP contribution in [0.25, 0.3) is 0 Å². The first-order valence-electron chi connectivity index (χ1n) is 7.83. The summed E-state index contributed by atoms with van der Waals surface area (Å²) in [6.07, 6.45) is 10.3. The molecule has 4 aliphatic carbocycles. The summed E-state index contributed by atoms with van der Waals surface area (Å²) in [6, 6.07) is 0.420. The van der Waals surface area contributed by atoms with Gasteiger partial charge < -0.3 is 4.74 Å². The molecule has 5 fully saturated rings. The van der Waals surface area contributed by atoms with Gasteiger partial charge in [-0.1, -0.05) is 21.1 Å². The van der Waals surface area contributed by atoms with E-state index in [1.54, 1.807) is 0 Å². The standard InChI is InChI=1S/C15H20BrN3O/c16-15-4-10-1-11(5-15)3-14(2-10,9-15)13-6-19(18-17-13)12-7-20-8-12/h6,10-12H,1-5,7-9H2. The molecule has 0 amide bonds. The molecule has 20 heavy (non-hydrogen) atoms. The van der Waals surface area contributed by atoms with Crippen LogP contribution in [0.4, 0.5) is 0 Å². The molecule has 4 saturated carbocycles. The van der Waals surface area contributed by atoms with Gasteiger partial charge in [0.25, 0.3) is 0 Å². The van der Waals surface area contributed by atoms with Crippen molar-refractivity contribution in [2.45, 2.75) is 54.3 Å². The van der Waals surface area contributed by atoms with E-state index < -0.39 is 0 Å². The fourth-order valence-corrected chi connectivity index (χ4v) is 6.98. The molecule has 2 unspecified atom stereocenters. The van der Waals surface area contributed by atoms with Gasteiger partial charge in [0.2, 0.25) is 0 Å². The fraction of sp³-hybridized carbons (Fsp3) is 0.867. The molecule has 108 valence electrons. The minimum absolute atomic E-state index is 0.302. The first kappa shape index (κ1) is 12.2. The predicted molar refractivity (Wildman–Crippen MR) is 77.9 cm³/mol. The molecule has 2 atom stereocenters. The van der Waals surface area contributed by atoms with Crippen molar-refractivity contribution >= 4 is 15.9 Å². The van der Waals surface area contributed by atoms with Crippen LogP contribution >= 0.6 is 15.9 Å². The molecule has 5 aliphatic rings. The molecule has 0 spiro atoms. The normalized spacial score (nSPS) is 46.6. The number of alkyl halides is 1. The van der Waals surface area contributed by atoms with E-state index in [-0.39, 0.29) is 0 Å². The van der Waals surface area contributed by atoms with Crippen LogP contribution in [0.2, 0.25) is 0 Å². The molecular weight excluding hydrogens is 318 g/mol. The highest BCUT2D eigenvalue weighted by Gasteiger charge is 2.58. The van der Waals surface area contributed by atoms with Crippen molar-refractivity contribution < 1.29 is 4.74 Å². The van der Waals surface area contributed by atoms with Gasteiger partial charge in [0.05, 0.1) is 18.9 Å². The second-order valence-electron chi connectivity index (χ2n) is 7.67. The molecular formula is C15H20BrN3O. The molecule has 6 rings (SSSR count). The van der Waals surface area contributed by atoms with Crippen molar-refractivity contribution in [2.75, 3.05) is 13.2 Å². The lowest BCUT2D eigenvalue weighted by Gasteiger charge is -2.59. The van der Waals surface area contributed by atoms with Gasteiger partial charge in [-0.05, 0) is 50.4 Å². The van der Waals surface area contributed by atoms with Crippen LogP contribution in [0.15, 0.2) is 6.20 Å². The van der Waals surface area contributed by atoms with Crippen LogP contribution in [0.1, 0.15) is 50.3 Å². The number of hydrogen-bond acceptors (Lipinski definition) is 3. The molecule has 5 heteroatoms. The SMILES string of the molecule is BrC12CC3CC(C1)CC(c1cn(C4COC4)nn1)(C3)C2. The van der Waals surface area contributed by atoms with Gasteiger partial charge in [0, 0.05) is 15.9 Å². The van der Waals surface area contributed by atoms with E-state index >= 15 is 0 Å². The van der Waals surface area contributed by atoms with Crippen molar-refractivity contribution in [2.24, 2.45) is 11.8 Å². The lowest BCUT2D eigenvalue weighted by molar-refractivity contribution is -0.0295. The number of nitrogens with zero attached hydrogens (tertiary/aromatic N) is 3. The lowest BCUT2D eigenvalue weighted by Crippen LogP contribution is -2.55. The Labute approximate surface area is 127 Å². The van der Waals surface area contributed by atoms with Crippen LogP contribution < -0.4 is 0 Å². The third-order valence-electron chi connectivity index (χ3n) is 6.04. The molecule has 4 bridgehead atoms. The van der Waals surface area contributed by atoms with E-state index in [1.165, 1.54) is 44.2 Å². The number of rotatable bonds is 2. The van der Waals surface area contributed by atoms with Crippen LogP contribution in [-0.2, 0) is 10.2 Å². The highest BCUT2D eigenvalue weighted by Crippen LogP contribution is 2.64. The maximum atomic E-state index is 5.27. The van der Waals surface area contributed by atoms with Gasteiger partial charge in [-0.2, -0.15) is 0 Å². The van der Waals surface area contributed by atoms with Gasteiger partial charge in [-0.15, -0.1) is 5.10 Å². The third-order valence-corrected chi connectivity index (χ3v) is 6.97. The summed E-state index contributed by atoms with van der Waals surface area (Å²) in [7, 11) is 0. The summed E-state index contributed by atoms with van der Waals surface area (Å²) in [5.74, 6) is 1.79. The third kappa shape index (κ3) is 1.62. The van der Waals surface area contributed by atoms with E-state index in [2.05, 4.69) is 32.4 Å². The summed E-state index contributed by atoms with van der Waals surface area (Å²) in [5, 5.41) is 8.97. The molecule has 0 N–H and O–H groups in total. The Balaban J connectivity index is 1.51. The second-order valence-corrected chi connectivity index (χ2v) is 9.35. The molecule has 2 heterocycles. The number of ether oxygens (including phenoxy) is 1. The van der Waals surface area contributed by atoms with Crippen molar-refractivity contribution in [3.05, 3.63) is 11.9 Å². The molecule has 1 saturated heterocycles. The zero-order chi connectivity index (χ0) is 13.4. The summed E-state index contributed by atoms with van der Waals surface area (Å²) < 4.78 is 7.70. The molecule has 4 nitrogen and oxygen atoms in total. The van der Waals surface area contributed by atoms with Gasteiger partial charge in [-0.25, -0.2) is 4.68 Å². The summed E-state index contributed by atoms with van der Waals surface area (Å²) in [4.78, 5) is 0. The monoisotopic (exact) mass is 337 g/mol. The highest BCUT2D eigenvalue weighted by molar-refractivity contribution is 9.10. The average Bonchev–Trinajstić information content (AvgIpc) is 2.72. The van der Waals surface area contributed by atoms with Crippen LogP contribution in [0.5, 0.6) is 0 Å². The van der Waals surface area contributed by atoms with Crippen LogP contribution in [-0.4, -0.2) is 32.5 Å². The molecule has 1 aromatic heterocycles. The minimum Gasteiger partial charge on any atom is -0.377 e. The first-order valence-corrected chi connectivity index (χ1v) is 8.63. The Morgan fingerprint density at radius 3 is 2.55 bits per heavy atom. The molecule has 1 aromatic rings. The first-order chi connectivity index (χ1) is 9.64. The average molecular weight is 338 g/mol. The summed E-state index contributed by atoms with van der Waals surface area (Å²) in [5.41, 5.74) is 1.55. The second kappa shape index (κ2) is 3.86. The summed E-state index contributed by atoms with van der Waals surface area (Å²) >= 11 is 4.08. The topological polar surface area (TPSA) is 39.9 Å². The van der Waals surface area contributed by atoms with E-state index in [0.29, 0.717) is 15.8 Å². The van der Waals surface area contributed by atoms with Gasteiger partial charge in [0.15, 0.2) is 0 Å². The Morgan fingerprint density at radius 1 is 1.20 bits per heavy atom. The largest absolute Gasteiger partial charge is 0.377 e. The van der Waals surface area contributed by atoms with Crippen molar-refractivity contribution in [1.29, 1.82) is 0 Å². The lowest BCUT2D eigenvalue weighted by atomic mass is 9.49. The van der Waals surface area contributed by atoms with E-state index in [1.807, 2.05) is 4.68 Å². The number of hydrogen-bond donors (Lipinski definition) is 0. The fourth-order valence-electron chi connectivity index (χ4n) is 5.52. The number of aromatic nitrogens is 3. The van der Waals surface area contributed by atoms with Gasteiger partial charge >= 0.3 is 0 Å². The van der Waals surface area contributed by atoms with Crippen LogP contribution in [0, 0.1) is 11.8 Å². The maximum Gasteiger partial charge on any atom is 0.100 e. The molecule has 0 aromatic carbocycles. The predicted octanol–water partition coefficient (Wildman–Crippen LogP) is 2.83. The van der Waals surface area contributed by atoms with Crippen molar-refractivity contribution in [3.8, 4) is 0 Å². The van der Waals surface area contributed by atoms with Crippen molar-refractivity contribution in [1.82, 2.24) is 15.0 Å². The Morgan fingerprint density at radius 2 is 1.95 bits per heavy atom. The smallest absolute Gasteiger partial charge is 0.100 e. The Hall–Kier alpha value is -0.420. The Bertz CT molecular complexity index is 539. The van der Waals surface area contributed by atoms with E-state index in [9.17, 15) is 0 Å². The Kier molecular flexibility index (Phi) is 2.35. The zero-order valence-electron chi connectivity index (χ0n) is 11.6. The highest BCUT2D eigenvalue weighted by atomic mass is 79.9. The molecule has 1 aliphatic heterocycles. The zero-order valence-corrected chi connectivity index (χ0v) is 13.2. The number of halogens is 1. The summed E-state index contributed by atoms with van der Waals surface area (Å²) in [6.45, 7) is 1.59. The van der Waals surface area contributed by atoms with E-state index in [0.717, 1.165) is 25.0 Å². The maximum absolute atomic E-state index is 5.27. The van der Waals surface area contributed by atoms with E-state index in [4.69, 9.17) is 4.74 Å². The quantitative estimate of drug-likeness (QED) is 0.779. The van der Waals surface area contributed by atoms with Gasteiger partial charge in [0.1, 0.15) is 6.04 Å².